The number of rotatable bonds is 4. The molecule has 1 nitrogen and oxygen atoms in total. The third kappa shape index (κ3) is 3.85. The molecule has 0 fully saturated rings. The molecule has 0 amide bonds. The van der Waals surface area contributed by atoms with E-state index in [1.807, 2.05) is 6.92 Å². The second-order valence-electron chi connectivity index (χ2n) is 5.35. The topological polar surface area (TPSA) is 12.0 Å². The van der Waals surface area contributed by atoms with Crippen LogP contribution in [-0.4, -0.2) is 0 Å². The zero-order valence-electron chi connectivity index (χ0n) is 12.3. The molecule has 0 aliphatic heterocycles. The van der Waals surface area contributed by atoms with E-state index in [9.17, 15) is 13.2 Å². The molecule has 2 aromatic carbocycles. The van der Waals surface area contributed by atoms with Gasteiger partial charge < -0.3 is 5.32 Å². The normalized spacial score (nSPS) is 12.5. The first-order valence-electron chi connectivity index (χ1n) is 6.82. The van der Waals surface area contributed by atoms with Crippen LogP contribution in [-0.2, 0) is 6.54 Å². The van der Waals surface area contributed by atoms with E-state index in [1.165, 1.54) is 12.1 Å². The molecule has 2 rings (SSSR count). The molecule has 0 aliphatic carbocycles. The zero-order valence-corrected chi connectivity index (χ0v) is 12.3. The summed E-state index contributed by atoms with van der Waals surface area (Å²) in [4.78, 5) is 0. The Bertz CT molecular complexity index is 609. The molecule has 0 saturated carbocycles. The maximum atomic E-state index is 13.6. The second-order valence-corrected chi connectivity index (χ2v) is 5.35. The lowest BCUT2D eigenvalue weighted by atomic mass is 10.0. The van der Waals surface area contributed by atoms with Gasteiger partial charge in [0.15, 0.2) is 0 Å². The minimum Gasteiger partial charge on any atom is -0.306 e. The van der Waals surface area contributed by atoms with Crippen molar-refractivity contribution in [1.82, 2.24) is 5.32 Å². The predicted octanol–water partition coefficient (Wildman–Crippen LogP) is 4.57. The predicted molar refractivity (Wildman–Crippen MR) is 77.5 cm³/mol. The number of nitrogens with one attached hydrogen (secondary N) is 1. The monoisotopic (exact) mass is 293 g/mol. The Morgan fingerprint density at radius 2 is 1.43 bits per heavy atom. The SMILES string of the molecule is Cc1cc(CNC(C)c2cc(F)cc(F)c2)cc(C)c1F. The Morgan fingerprint density at radius 3 is 1.95 bits per heavy atom. The van der Waals surface area contributed by atoms with Crippen molar-refractivity contribution in [2.24, 2.45) is 0 Å². The number of halogens is 3. The van der Waals surface area contributed by atoms with Gasteiger partial charge in [-0.3, -0.25) is 0 Å². The molecule has 0 aromatic heterocycles. The van der Waals surface area contributed by atoms with Crippen LogP contribution in [0.5, 0.6) is 0 Å². The Labute approximate surface area is 122 Å². The molecule has 0 heterocycles. The van der Waals surface area contributed by atoms with E-state index in [0.717, 1.165) is 11.6 Å². The molecule has 0 saturated heterocycles. The van der Waals surface area contributed by atoms with Crippen LogP contribution in [0.1, 0.15) is 35.2 Å². The van der Waals surface area contributed by atoms with Crippen molar-refractivity contribution >= 4 is 0 Å². The molecule has 1 N–H and O–H groups in total. The van der Waals surface area contributed by atoms with Gasteiger partial charge in [-0.15, -0.1) is 0 Å². The van der Waals surface area contributed by atoms with Crippen molar-refractivity contribution in [1.29, 1.82) is 0 Å². The van der Waals surface area contributed by atoms with Crippen molar-refractivity contribution < 1.29 is 13.2 Å². The average molecular weight is 293 g/mol. The summed E-state index contributed by atoms with van der Waals surface area (Å²) in [5, 5.41) is 3.19. The third-order valence-corrected chi connectivity index (χ3v) is 3.49. The smallest absolute Gasteiger partial charge is 0.129 e. The Balaban J connectivity index is 2.09. The fourth-order valence-corrected chi connectivity index (χ4v) is 2.35. The Hall–Kier alpha value is -1.81. The highest BCUT2D eigenvalue weighted by Crippen LogP contribution is 2.18. The largest absolute Gasteiger partial charge is 0.306 e. The number of hydrogen-bond donors (Lipinski definition) is 1. The van der Waals surface area contributed by atoms with Crippen molar-refractivity contribution in [2.75, 3.05) is 0 Å². The second kappa shape index (κ2) is 6.31. The molecular weight excluding hydrogens is 275 g/mol. The maximum absolute atomic E-state index is 13.6. The maximum Gasteiger partial charge on any atom is 0.129 e. The fraction of sp³-hybridized carbons (Fsp3) is 0.294. The van der Waals surface area contributed by atoms with Gasteiger partial charge in [0.2, 0.25) is 0 Å². The minimum atomic E-state index is -0.591. The minimum absolute atomic E-state index is 0.195. The molecule has 0 spiro atoms. The summed E-state index contributed by atoms with van der Waals surface area (Å²) in [6.07, 6.45) is 0. The lowest BCUT2D eigenvalue weighted by Crippen LogP contribution is -2.18. The lowest BCUT2D eigenvalue weighted by Gasteiger charge is -2.15. The van der Waals surface area contributed by atoms with Gasteiger partial charge in [-0.2, -0.15) is 0 Å². The lowest BCUT2D eigenvalue weighted by molar-refractivity contribution is 0.544. The van der Waals surface area contributed by atoms with Gasteiger partial charge in [-0.1, -0.05) is 12.1 Å². The summed E-state index contributed by atoms with van der Waals surface area (Å²) in [5.74, 6) is -1.38. The van der Waals surface area contributed by atoms with Gasteiger partial charge in [0.05, 0.1) is 0 Å². The quantitative estimate of drug-likeness (QED) is 0.870. The van der Waals surface area contributed by atoms with E-state index >= 15 is 0 Å². The summed E-state index contributed by atoms with van der Waals surface area (Å²) in [7, 11) is 0. The molecule has 0 radical (unpaired) electrons. The molecule has 1 unspecified atom stereocenters. The van der Waals surface area contributed by atoms with Crippen LogP contribution in [0.15, 0.2) is 30.3 Å². The van der Waals surface area contributed by atoms with E-state index < -0.39 is 11.6 Å². The van der Waals surface area contributed by atoms with Gasteiger partial charge in [0, 0.05) is 18.7 Å². The molecule has 0 bridgehead atoms. The summed E-state index contributed by atoms with van der Waals surface area (Å²) in [6, 6.07) is 6.80. The van der Waals surface area contributed by atoms with Crippen LogP contribution < -0.4 is 5.32 Å². The molecule has 21 heavy (non-hydrogen) atoms. The van der Waals surface area contributed by atoms with Crippen molar-refractivity contribution in [2.45, 2.75) is 33.4 Å². The van der Waals surface area contributed by atoms with Gasteiger partial charge in [0.25, 0.3) is 0 Å². The van der Waals surface area contributed by atoms with Gasteiger partial charge in [0.1, 0.15) is 17.5 Å². The van der Waals surface area contributed by atoms with Crippen molar-refractivity contribution in [3.05, 3.63) is 70.0 Å². The molecule has 2 aromatic rings. The first-order chi connectivity index (χ1) is 9.86. The number of aryl methyl sites for hydroxylation is 2. The van der Waals surface area contributed by atoms with E-state index in [4.69, 9.17) is 0 Å². The summed E-state index contributed by atoms with van der Waals surface area (Å²) < 4.78 is 39.9. The van der Waals surface area contributed by atoms with Crippen LogP contribution in [0.25, 0.3) is 0 Å². The van der Waals surface area contributed by atoms with Crippen molar-refractivity contribution in [3.8, 4) is 0 Å². The summed E-state index contributed by atoms with van der Waals surface area (Å²) >= 11 is 0. The standard InChI is InChI=1S/C17H18F3N/c1-10-4-13(5-11(2)17(10)20)9-21-12(3)14-6-15(18)8-16(19)7-14/h4-8,12,21H,9H2,1-3H3. The Kier molecular flexibility index (Phi) is 4.68. The number of hydrogen-bond acceptors (Lipinski definition) is 1. The molecule has 4 heteroatoms. The summed E-state index contributed by atoms with van der Waals surface area (Å²) in [5.41, 5.74) is 2.67. The average Bonchev–Trinajstić information content (AvgIpc) is 2.40. The van der Waals surface area contributed by atoms with Crippen molar-refractivity contribution in [3.63, 3.8) is 0 Å². The molecule has 112 valence electrons. The number of benzene rings is 2. The van der Waals surface area contributed by atoms with Crippen LogP contribution in [0.2, 0.25) is 0 Å². The first kappa shape index (κ1) is 15.6. The highest BCUT2D eigenvalue weighted by molar-refractivity contribution is 5.30. The van der Waals surface area contributed by atoms with E-state index in [-0.39, 0.29) is 11.9 Å². The molecule has 1 atom stereocenters. The van der Waals surface area contributed by atoms with E-state index in [1.54, 1.807) is 26.0 Å². The molecule has 0 aliphatic rings. The molecular formula is C17H18F3N. The van der Waals surface area contributed by atoms with Crippen LogP contribution in [0.3, 0.4) is 0 Å². The zero-order chi connectivity index (χ0) is 15.6. The van der Waals surface area contributed by atoms with Crippen LogP contribution in [0, 0.1) is 31.3 Å². The fourth-order valence-electron chi connectivity index (χ4n) is 2.35. The highest BCUT2D eigenvalue weighted by atomic mass is 19.1. The van der Waals surface area contributed by atoms with Gasteiger partial charge >= 0.3 is 0 Å². The Morgan fingerprint density at radius 1 is 0.905 bits per heavy atom. The van der Waals surface area contributed by atoms with Crippen LogP contribution >= 0.6 is 0 Å². The van der Waals surface area contributed by atoms with E-state index in [0.29, 0.717) is 23.2 Å². The summed E-state index contributed by atoms with van der Waals surface area (Å²) in [6.45, 7) is 5.77. The van der Waals surface area contributed by atoms with E-state index in [2.05, 4.69) is 5.32 Å². The van der Waals surface area contributed by atoms with Gasteiger partial charge in [-0.05, 0) is 55.2 Å². The van der Waals surface area contributed by atoms with Crippen LogP contribution in [0.4, 0.5) is 13.2 Å². The van der Waals surface area contributed by atoms with Gasteiger partial charge in [-0.25, -0.2) is 13.2 Å². The first-order valence-corrected chi connectivity index (χ1v) is 6.82. The third-order valence-electron chi connectivity index (χ3n) is 3.49. The highest BCUT2D eigenvalue weighted by Gasteiger charge is 2.10.